The topological polar surface area (TPSA) is 82.1 Å². The molecule has 0 aromatic rings. The Hall–Kier alpha value is -1.66. The van der Waals surface area contributed by atoms with Gasteiger partial charge in [-0.3, -0.25) is 10.1 Å². The molecule has 6 heteroatoms. The van der Waals surface area contributed by atoms with E-state index in [2.05, 4.69) is 13.5 Å². The molecule has 1 N–H and O–H groups in total. The second-order valence-corrected chi connectivity index (χ2v) is 6.92. The van der Waals surface area contributed by atoms with Crippen molar-refractivity contribution in [2.75, 3.05) is 0 Å². The summed E-state index contributed by atoms with van der Waals surface area (Å²) < 4.78 is 11.0. The van der Waals surface area contributed by atoms with E-state index in [1.54, 1.807) is 6.92 Å². The number of fused-ring (bicyclic) bond motifs is 2. The third-order valence-corrected chi connectivity index (χ3v) is 5.40. The predicted molar refractivity (Wildman–Crippen MR) is 80.2 cm³/mol. The second kappa shape index (κ2) is 5.46. The smallest absolute Gasteiger partial charge is 0.334 e. The summed E-state index contributed by atoms with van der Waals surface area (Å²) in [4.78, 5) is 28.3. The van der Waals surface area contributed by atoms with Crippen molar-refractivity contribution in [1.82, 2.24) is 0 Å². The van der Waals surface area contributed by atoms with Crippen LogP contribution in [0.15, 0.2) is 23.3 Å². The van der Waals surface area contributed by atoms with E-state index in [0.717, 1.165) is 17.6 Å². The summed E-state index contributed by atoms with van der Waals surface area (Å²) in [6.07, 6.45) is 0.910. The molecule has 0 unspecified atom stereocenters. The fraction of sp³-hybridized carbons (Fsp3) is 0.647. The van der Waals surface area contributed by atoms with Gasteiger partial charge in [0.1, 0.15) is 17.8 Å². The van der Waals surface area contributed by atoms with Crippen LogP contribution in [0.4, 0.5) is 0 Å². The fourth-order valence-corrected chi connectivity index (χ4v) is 4.29. The summed E-state index contributed by atoms with van der Waals surface area (Å²) >= 11 is 0. The molecule has 3 aliphatic rings. The summed E-state index contributed by atoms with van der Waals surface area (Å²) in [6.45, 7) is 9.04. The fourth-order valence-electron chi connectivity index (χ4n) is 4.29. The van der Waals surface area contributed by atoms with Crippen molar-refractivity contribution in [3.05, 3.63) is 23.3 Å². The molecule has 0 aromatic carbocycles. The molecule has 0 radical (unpaired) electrons. The lowest BCUT2D eigenvalue weighted by Crippen LogP contribution is -2.39. The van der Waals surface area contributed by atoms with Gasteiger partial charge in [0.05, 0.1) is 5.92 Å². The number of hydrogen-bond acceptors (Lipinski definition) is 6. The maximum atomic E-state index is 12.1. The number of rotatable bonds is 2. The van der Waals surface area contributed by atoms with E-state index >= 15 is 0 Å². The molecule has 0 bridgehead atoms. The van der Waals surface area contributed by atoms with E-state index in [9.17, 15) is 14.8 Å². The van der Waals surface area contributed by atoms with Gasteiger partial charge >= 0.3 is 11.9 Å². The Morgan fingerprint density at radius 3 is 2.78 bits per heavy atom. The number of carbonyl (C=O) groups is 2. The van der Waals surface area contributed by atoms with E-state index < -0.39 is 35.7 Å². The largest absolute Gasteiger partial charge is 0.462 e. The Bertz CT molecular complexity index is 606. The van der Waals surface area contributed by atoms with Crippen LogP contribution in [0.2, 0.25) is 0 Å². The zero-order chi connectivity index (χ0) is 16.9. The third-order valence-electron chi connectivity index (χ3n) is 5.40. The number of hydrogen-bond donors (Lipinski definition) is 1. The van der Waals surface area contributed by atoms with Crippen LogP contribution in [0.25, 0.3) is 0 Å². The average Bonchev–Trinajstić information content (AvgIpc) is 2.92. The summed E-state index contributed by atoms with van der Waals surface area (Å²) in [6, 6.07) is 0. The minimum atomic E-state index is -0.886. The van der Waals surface area contributed by atoms with Gasteiger partial charge in [-0.2, -0.15) is 0 Å². The van der Waals surface area contributed by atoms with Crippen LogP contribution >= 0.6 is 0 Å². The van der Waals surface area contributed by atoms with Crippen LogP contribution in [0.3, 0.4) is 0 Å². The van der Waals surface area contributed by atoms with Crippen molar-refractivity contribution < 1.29 is 29.2 Å². The summed E-state index contributed by atoms with van der Waals surface area (Å²) in [5, 5.41) is 9.42. The maximum Gasteiger partial charge on any atom is 0.334 e. The first kappa shape index (κ1) is 16.2. The first-order chi connectivity index (χ1) is 10.8. The highest BCUT2D eigenvalue weighted by Crippen LogP contribution is 2.52. The minimum absolute atomic E-state index is 0.142. The Morgan fingerprint density at radius 2 is 2.17 bits per heavy atom. The highest BCUT2D eigenvalue weighted by molar-refractivity contribution is 5.91. The number of allylic oxidation sites excluding steroid dienone is 1. The highest BCUT2D eigenvalue weighted by atomic mass is 17.1. The van der Waals surface area contributed by atoms with Gasteiger partial charge < -0.3 is 9.47 Å². The summed E-state index contributed by atoms with van der Waals surface area (Å²) in [7, 11) is 0. The first-order valence-corrected chi connectivity index (χ1v) is 7.91. The van der Waals surface area contributed by atoms with Gasteiger partial charge in [0, 0.05) is 18.1 Å². The van der Waals surface area contributed by atoms with Gasteiger partial charge in [0.25, 0.3) is 0 Å². The quantitative estimate of drug-likeness (QED) is 0.276. The lowest BCUT2D eigenvalue weighted by Gasteiger charge is -2.31. The van der Waals surface area contributed by atoms with E-state index in [4.69, 9.17) is 14.4 Å². The molecule has 5 atom stereocenters. The van der Waals surface area contributed by atoms with Crippen molar-refractivity contribution in [3.63, 3.8) is 0 Å². The number of esters is 2. The van der Waals surface area contributed by atoms with E-state index in [1.165, 1.54) is 6.92 Å². The van der Waals surface area contributed by atoms with E-state index in [1.807, 2.05) is 0 Å². The lowest BCUT2D eigenvalue weighted by molar-refractivity contribution is -0.307. The van der Waals surface area contributed by atoms with Gasteiger partial charge in [-0.15, -0.1) is 0 Å². The van der Waals surface area contributed by atoms with Crippen LogP contribution in [0.1, 0.15) is 40.0 Å². The van der Waals surface area contributed by atoms with Crippen molar-refractivity contribution in [2.24, 2.45) is 11.8 Å². The molecule has 2 aliphatic carbocycles. The Morgan fingerprint density at radius 1 is 1.48 bits per heavy atom. The zero-order valence-electron chi connectivity index (χ0n) is 13.6. The van der Waals surface area contributed by atoms with Gasteiger partial charge in [0.2, 0.25) is 0 Å². The third kappa shape index (κ3) is 2.40. The van der Waals surface area contributed by atoms with E-state index in [0.29, 0.717) is 18.4 Å². The molecular formula is C17H22O6. The van der Waals surface area contributed by atoms with Crippen LogP contribution in [-0.4, -0.2) is 35.0 Å². The Labute approximate surface area is 135 Å². The minimum Gasteiger partial charge on any atom is -0.462 e. The molecule has 1 saturated heterocycles. The van der Waals surface area contributed by atoms with Crippen LogP contribution in [0.5, 0.6) is 0 Å². The van der Waals surface area contributed by atoms with Crippen LogP contribution in [0, 0.1) is 11.8 Å². The SMILES string of the molecule is C=C1C(=O)O[C@H]2C3=C(CC[C@@]3(C)OO)[C@@H](C)C[C@H](OC(C)=O)[C@@H]12. The molecular weight excluding hydrogens is 300 g/mol. The van der Waals surface area contributed by atoms with Gasteiger partial charge in [-0.1, -0.05) is 19.1 Å². The molecule has 1 heterocycles. The van der Waals surface area contributed by atoms with Crippen molar-refractivity contribution in [2.45, 2.75) is 57.8 Å². The monoisotopic (exact) mass is 322 g/mol. The molecule has 0 spiro atoms. The first-order valence-electron chi connectivity index (χ1n) is 7.91. The maximum absolute atomic E-state index is 12.1. The number of ether oxygens (including phenoxy) is 2. The molecule has 126 valence electrons. The van der Waals surface area contributed by atoms with Gasteiger partial charge in [-0.05, 0) is 32.1 Å². The van der Waals surface area contributed by atoms with Crippen LogP contribution < -0.4 is 0 Å². The Balaban J connectivity index is 2.09. The Kier molecular flexibility index (Phi) is 3.84. The van der Waals surface area contributed by atoms with Crippen molar-refractivity contribution in [1.29, 1.82) is 0 Å². The van der Waals surface area contributed by atoms with Crippen molar-refractivity contribution in [3.8, 4) is 0 Å². The van der Waals surface area contributed by atoms with Gasteiger partial charge in [0.15, 0.2) is 0 Å². The second-order valence-electron chi connectivity index (χ2n) is 6.92. The summed E-state index contributed by atoms with van der Waals surface area (Å²) in [5.74, 6) is -1.17. The summed E-state index contributed by atoms with van der Waals surface area (Å²) in [5.41, 5.74) is 1.35. The van der Waals surface area contributed by atoms with E-state index in [-0.39, 0.29) is 5.92 Å². The zero-order valence-corrected chi connectivity index (χ0v) is 13.6. The molecule has 3 rings (SSSR count). The average molecular weight is 322 g/mol. The molecule has 1 fully saturated rings. The molecule has 6 nitrogen and oxygen atoms in total. The number of carbonyl (C=O) groups excluding carboxylic acids is 2. The predicted octanol–water partition coefficient (Wildman–Crippen LogP) is 2.39. The normalized spacial score (nSPS) is 39.7. The van der Waals surface area contributed by atoms with Gasteiger partial charge in [-0.25, -0.2) is 9.68 Å². The molecule has 1 aliphatic heterocycles. The standard InChI is InChI=1S/C17H22O6/c1-8-7-12(21-10(3)18)13-9(2)16(19)22-15(13)14-11(8)5-6-17(14,4)23-20/h8,12-13,15,20H,2,5-7H2,1,3-4H3/t8-,12-,13+,15+,17+/m0/s1. The van der Waals surface area contributed by atoms with Crippen molar-refractivity contribution >= 4 is 11.9 Å². The molecule has 0 saturated carbocycles. The van der Waals surface area contributed by atoms with Crippen LogP contribution in [-0.2, 0) is 24.0 Å². The highest BCUT2D eigenvalue weighted by Gasteiger charge is 2.56. The lowest BCUT2D eigenvalue weighted by atomic mass is 9.82. The molecule has 23 heavy (non-hydrogen) atoms. The molecule has 0 amide bonds. The molecule has 0 aromatic heterocycles.